The molecular weight excluding hydrogens is 214 g/mol. The predicted octanol–water partition coefficient (Wildman–Crippen LogP) is 1.99. The maximum absolute atomic E-state index is 11.0. The summed E-state index contributed by atoms with van der Waals surface area (Å²) in [6.45, 7) is -1.96. The van der Waals surface area contributed by atoms with Gasteiger partial charge in [0.15, 0.2) is 0 Å². The molecule has 3 heteroatoms. The first kappa shape index (κ1) is 8.95. The summed E-state index contributed by atoms with van der Waals surface area (Å²) < 4.78 is 21.7. The molecule has 1 saturated carbocycles. The highest BCUT2D eigenvalue weighted by Crippen LogP contribution is 2.42. The molecule has 0 saturated heterocycles. The van der Waals surface area contributed by atoms with Crippen molar-refractivity contribution in [3.05, 3.63) is 29.8 Å². The van der Waals surface area contributed by atoms with Gasteiger partial charge in [0.2, 0.25) is 0 Å². The summed E-state index contributed by atoms with van der Waals surface area (Å²) in [5, 5.41) is 23.1. The molecule has 3 nitrogen and oxygen atoms in total. The normalized spacial score (nSPS) is 32.5. The second-order valence-electron chi connectivity index (χ2n) is 4.80. The summed E-state index contributed by atoms with van der Waals surface area (Å²) in [7, 11) is 0. The lowest BCUT2D eigenvalue weighted by Crippen LogP contribution is -2.42. The van der Waals surface area contributed by atoms with Gasteiger partial charge in [0, 0.05) is 16.6 Å². The largest absolute Gasteiger partial charge is 0.508 e. The zero-order chi connectivity index (χ0) is 14.8. The van der Waals surface area contributed by atoms with Gasteiger partial charge in [-0.1, -0.05) is 25.0 Å². The average molecular weight is 238 g/mol. The van der Waals surface area contributed by atoms with Crippen LogP contribution in [0.5, 0.6) is 5.75 Å². The van der Waals surface area contributed by atoms with Crippen LogP contribution in [-0.4, -0.2) is 23.7 Å². The van der Waals surface area contributed by atoms with Gasteiger partial charge in [-0.3, -0.25) is 0 Å². The summed E-state index contributed by atoms with van der Waals surface area (Å²) in [4.78, 5) is 0. The number of phenolic OH excluding ortho intramolecular Hbond substituents is 1. The highest BCUT2D eigenvalue weighted by atomic mass is 16.3. The number of benzene rings is 1. The van der Waals surface area contributed by atoms with E-state index in [2.05, 4.69) is 5.32 Å². The first-order valence-electron chi connectivity index (χ1n) is 7.58. The van der Waals surface area contributed by atoms with Crippen LogP contribution in [0.1, 0.15) is 35.4 Å². The topological polar surface area (TPSA) is 52.5 Å². The molecule has 2 rings (SSSR count). The third-order valence-corrected chi connectivity index (χ3v) is 3.73. The Hall–Kier alpha value is -1.06. The fourth-order valence-corrected chi connectivity index (χ4v) is 2.78. The molecule has 0 aromatic heterocycles. The van der Waals surface area contributed by atoms with E-state index >= 15 is 0 Å². The molecule has 2 atom stereocenters. The summed E-state index contributed by atoms with van der Waals surface area (Å²) in [6, 6.07) is 6.61. The maximum Gasteiger partial charge on any atom is 0.115 e. The van der Waals surface area contributed by atoms with E-state index in [9.17, 15) is 10.2 Å². The van der Waals surface area contributed by atoms with Crippen molar-refractivity contribution >= 4 is 0 Å². The first-order chi connectivity index (χ1) is 9.31. The van der Waals surface area contributed by atoms with Crippen molar-refractivity contribution < 1.29 is 14.3 Å². The van der Waals surface area contributed by atoms with Crippen molar-refractivity contribution in [2.75, 3.05) is 13.5 Å². The Balaban J connectivity index is 2.20. The van der Waals surface area contributed by atoms with Crippen LogP contribution < -0.4 is 5.32 Å². The van der Waals surface area contributed by atoms with Crippen LogP contribution in [0.2, 0.25) is 0 Å². The zero-order valence-electron chi connectivity index (χ0n) is 12.8. The van der Waals surface area contributed by atoms with Gasteiger partial charge in [0.05, 0.1) is 5.60 Å². The van der Waals surface area contributed by atoms with E-state index in [-0.39, 0.29) is 18.2 Å². The number of rotatable bonds is 3. The number of aliphatic hydroxyl groups is 1. The standard InChI is InChI=1S/C14H21NO2/c1-15-10-12-5-2-3-8-14(12,17)11-6-4-7-13(16)9-11/h4,6-7,9,12,15-17H,2-3,5,8,10H2,1H3/t12-,14+/m1/s1/i1D3. The van der Waals surface area contributed by atoms with Crippen molar-refractivity contribution in [1.82, 2.24) is 5.32 Å². The molecule has 0 amide bonds. The Bertz CT molecular complexity index is 464. The van der Waals surface area contributed by atoms with Gasteiger partial charge in [-0.2, -0.15) is 0 Å². The Kier molecular flexibility index (Phi) is 2.67. The minimum absolute atomic E-state index is 0.115. The molecule has 0 spiro atoms. The molecule has 1 fully saturated rings. The monoisotopic (exact) mass is 238 g/mol. The van der Waals surface area contributed by atoms with Crippen LogP contribution in [0.3, 0.4) is 0 Å². The predicted molar refractivity (Wildman–Crippen MR) is 67.9 cm³/mol. The average Bonchev–Trinajstić information content (AvgIpc) is 2.37. The summed E-state index contributed by atoms with van der Waals surface area (Å²) >= 11 is 0. The quantitative estimate of drug-likeness (QED) is 0.755. The molecule has 94 valence electrons. The minimum atomic E-state index is -2.20. The fourth-order valence-electron chi connectivity index (χ4n) is 2.78. The van der Waals surface area contributed by atoms with Gasteiger partial charge in [0.1, 0.15) is 5.75 Å². The molecule has 17 heavy (non-hydrogen) atoms. The molecule has 1 aromatic rings. The van der Waals surface area contributed by atoms with E-state index in [0.29, 0.717) is 12.0 Å². The Morgan fingerprint density at radius 1 is 1.53 bits per heavy atom. The lowest BCUT2D eigenvalue weighted by atomic mass is 9.71. The van der Waals surface area contributed by atoms with Crippen molar-refractivity contribution in [3.8, 4) is 5.75 Å². The summed E-state index contributed by atoms with van der Waals surface area (Å²) in [5.74, 6) is -0.0532. The lowest BCUT2D eigenvalue weighted by molar-refractivity contribution is -0.0531. The van der Waals surface area contributed by atoms with E-state index in [1.165, 1.54) is 0 Å². The third-order valence-electron chi connectivity index (χ3n) is 3.73. The summed E-state index contributed by atoms with van der Waals surface area (Å²) in [6.07, 6.45) is 3.24. The second kappa shape index (κ2) is 5.07. The zero-order valence-corrected chi connectivity index (χ0v) is 9.82. The Labute approximate surface area is 107 Å². The van der Waals surface area contributed by atoms with Crippen LogP contribution in [0.25, 0.3) is 0 Å². The minimum Gasteiger partial charge on any atom is -0.508 e. The molecule has 1 aliphatic rings. The van der Waals surface area contributed by atoms with Gasteiger partial charge in [-0.05, 0) is 37.5 Å². The SMILES string of the molecule is [2H]C([2H])([2H])NC[C@H]1CCCC[C@]1(O)c1cccc(O)c1. The van der Waals surface area contributed by atoms with Crippen molar-refractivity contribution in [1.29, 1.82) is 0 Å². The molecule has 0 heterocycles. The van der Waals surface area contributed by atoms with E-state index in [1.54, 1.807) is 24.3 Å². The van der Waals surface area contributed by atoms with Crippen LogP contribution in [0.15, 0.2) is 24.3 Å². The van der Waals surface area contributed by atoms with E-state index in [0.717, 1.165) is 19.3 Å². The third kappa shape index (κ3) is 2.45. The van der Waals surface area contributed by atoms with Gasteiger partial charge in [-0.25, -0.2) is 0 Å². The molecule has 3 N–H and O–H groups in total. The molecule has 0 unspecified atom stereocenters. The van der Waals surface area contributed by atoms with Crippen molar-refractivity contribution in [2.24, 2.45) is 5.92 Å². The first-order valence-corrected chi connectivity index (χ1v) is 6.08. The van der Waals surface area contributed by atoms with Crippen LogP contribution in [0.4, 0.5) is 0 Å². The molecular formula is C14H21NO2. The second-order valence-corrected chi connectivity index (χ2v) is 4.80. The highest BCUT2D eigenvalue weighted by Gasteiger charge is 2.39. The molecule has 0 radical (unpaired) electrons. The Morgan fingerprint density at radius 2 is 2.41 bits per heavy atom. The number of phenols is 1. The van der Waals surface area contributed by atoms with Crippen LogP contribution in [0, 0.1) is 5.92 Å². The maximum atomic E-state index is 11.0. The van der Waals surface area contributed by atoms with E-state index in [4.69, 9.17) is 4.11 Å². The lowest BCUT2D eigenvalue weighted by Gasteiger charge is -2.40. The van der Waals surface area contributed by atoms with E-state index < -0.39 is 12.6 Å². The van der Waals surface area contributed by atoms with Crippen molar-refractivity contribution in [3.63, 3.8) is 0 Å². The fraction of sp³-hybridized carbons (Fsp3) is 0.571. The number of nitrogens with one attached hydrogen (secondary N) is 1. The van der Waals surface area contributed by atoms with Gasteiger partial charge >= 0.3 is 0 Å². The molecule has 1 aliphatic carbocycles. The van der Waals surface area contributed by atoms with Gasteiger partial charge in [-0.15, -0.1) is 0 Å². The molecule has 0 aliphatic heterocycles. The van der Waals surface area contributed by atoms with Crippen LogP contribution >= 0.6 is 0 Å². The Morgan fingerprint density at radius 3 is 3.18 bits per heavy atom. The van der Waals surface area contributed by atoms with E-state index in [1.807, 2.05) is 0 Å². The highest BCUT2D eigenvalue weighted by molar-refractivity contribution is 5.32. The molecule has 0 bridgehead atoms. The number of aromatic hydroxyl groups is 1. The summed E-state index contributed by atoms with van der Waals surface area (Å²) in [5.41, 5.74) is -0.413. The smallest absolute Gasteiger partial charge is 0.115 e. The number of hydrogen-bond acceptors (Lipinski definition) is 3. The van der Waals surface area contributed by atoms with Gasteiger partial charge < -0.3 is 15.5 Å². The number of hydrogen-bond donors (Lipinski definition) is 3. The van der Waals surface area contributed by atoms with Crippen LogP contribution in [-0.2, 0) is 5.60 Å². The van der Waals surface area contributed by atoms with Gasteiger partial charge in [0.25, 0.3) is 0 Å². The molecule has 1 aromatic carbocycles. The van der Waals surface area contributed by atoms with Crippen molar-refractivity contribution in [2.45, 2.75) is 31.3 Å².